The van der Waals surface area contributed by atoms with Crippen molar-refractivity contribution in [3.8, 4) is 11.5 Å². The molecular weight excluding hydrogens is 418 g/mol. The van der Waals surface area contributed by atoms with Crippen LogP contribution in [0.4, 0.5) is 5.69 Å². The van der Waals surface area contributed by atoms with E-state index in [0.717, 1.165) is 11.0 Å². The molecule has 0 fully saturated rings. The third-order valence-electron chi connectivity index (χ3n) is 3.19. The van der Waals surface area contributed by atoms with E-state index in [1.807, 2.05) is 0 Å². The van der Waals surface area contributed by atoms with Crippen LogP contribution in [0.25, 0.3) is 6.08 Å². The average molecular weight is 431 g/mol. The Balaban J connectivity index is 1.80. The lowest BCUT2D eigenvalue weighted by molar-refractivity contribution is 0.171. The van der Waals surface area contributed by atoms with E-state index in [0.29, 0.717) is 39.9 Å². The molecule has 0 radical (unpaired) electrons. The average Bonchev–Trinajstić information content (AvgIpc) is 2.55. The van der Waals surface area contributed by atoms with Gasteiger partial charge in [0.25, 0.3) is 10.0 Å². The Morgan fingerprint density at radius 1 is 1.08 bits per heavy atom. The van der Waals surface area contributed by atoms with Gasteiger partial charge in [-0.1, -0.05) is 23.7 Å². The monoisotopic (exact) mass is 429 g/mol. The smallest absolute Gasteiger partial charge is 0.255 e. The van der Waals surface area contributed by atoms with Crippen LogP contribution < -0.4 is 14.2 Å². The molecule has 2 aromatic carbocycles. The number of fused-ring (bicyclic) bond motifs is 1. The Bertz CT molecular complexity index is 882. The SMILES string of the molecule is O=S(=O)(/C=C/c1ccc(Cl)cc1)Nc1cc2c(cc1Br)OCCO2. The maximum Gasteiger partial charge on any atom is 0.255 e. The standard InChI is InChI=1S/C16H13BrClNO4S/c17-13-9-15-16(23-7-6-22-15)10-14(13)19-24(20,21)8-5-11-1-3-12(18)4-2-11/h1-5,8-10,19H,6-7H2/b8-5+. The second kappa shape index (κ2) is 7.04. The van der Waals surface area contributed by atoms with Crippen molar-refractivity contribution in [1.29, 1.82) is 0 Å². The van der Waals surface area contributed by atoms with E-state index in [-0.39, 0.29) is 0 Å². The number of anilines is 1. The van der Waals surface area contributed by atoms with Crippen molar-refractivity contribution in [2.75, 3.05) is 17.9 Å². The van der Waals surface area contributed by atoms with Crippen molar-refractivity contribution in [3.63, 3.8) is 0 Å². The Morgan fingerprint density at radius 3 is 2.38 bits per heavy atom. The number of nitrogens with one attached hydrogen (secondary N) is 1. The molecule has 126 valence electrons. The Morgan fingerprint density at radius 2 is 1.71 bits per heavy atom. The van der Waals surface area contributed by atoms with Crippen LogP contribution in [0.1, 0.15) is 5.56 Å². The maximum absolute atomic E-state index is 12.2. The van der Waals surface area contributed by atoms with Crippen molar-refractivity contribution in [3.05, 3.63) is 56.9 Å². The molecule has 1 N–H and O–H groups in total. The predicted octanol–water partition coefficient (Wildman–Crippen LogP) is 4.29. The molecule has 2 aromatic rings. The van der Waals surface area contributed by atoms with Crippen molar-refractivity contribution in [2.24, 2.45) is 0 Å². The van der Waals surface area contributed by atoms with Crippen molar-refractivity contribution < 1.29 is 17.9 Å². The van der Waals surface area contributed by atoms with E-state index < -0.39 is 10.0 Å². The van der Waals surface area contributed by atoms with Crippen LogP contribution in [0.5, 0.6) is 11.5 Å². The van der Waals surface area contributed by atoms with E-state index in [4.69, 9.17) is 21.1 Å². The molecule has 0 bridgehead atoms. The second-order valence-electron chi connectivity index (χ2n) is 4.98. The summed E-state index contributed by atoms with van der Waals surface area (Å²) in [5.74, 6) is 1.08. The van der Waals surface area contributed by atoms with Crippen LogP contribution >= 0.6 is 27.5 Å². The maximum atomic E-state index is 12.2. The first-order valence-corrected chi connectivity index (χ1v) is 9.70. The van der Waals surface area contributed by atoms with Gasteiger partial charge >= 0.3 is 0 Å². The molecule has 3 rings (SSSR count). The van der Waals surface area contributed by atoms with Crippen LogP contribution in [0.3, 0.4) is 0 Å². The highest BCUT2D eigenvalue weighted by atomic mass is 79.9. The summed E-state index contributed by atoms with van der Waals surface area (Å²) in [5, 5.41) is 1.69. The van der Waals surface area contributed by atoms with Crippen LogP contribution in [-0.2, 0) is 10.0 Å². The Hall–Kier alpha value is -1.70. The zero-order valence-electron chi connectivity index (χ0n) is 12.3. The van der Waals surface area contributed by atoms with Gasteiger partial charge in [0.05, 0.1) is 11.1 Å². The number of rotatable bonds is 4. The third kappa shape index (κ3) is 4.23. The largest absolute Gasteiger partial charge is 0.486 e. The molecule has 0 atom stereocenters. The van der Waals surface area contributed by atoms with Gasteiger partial charge in [-0.25, -0.2) is 8.42 Å². The van der Waals surface area contributed by atoms with E-state index in [2.05, 4.69) is 20.7 Å². The zero-order chi connectivity index (χ0) is 17.2. The number of benzene rings is 2. The van der Waals surface area contributed by atoms with Gasteiger partial charge in [0.1, 0.15) is 13.2 Å². The van der Waals surface area contributed by atoms with Gasteiger partial charge in [0.2, 0.25) is 0 Å². The lowest BCUT2D eigenvalue weighted by Gasteiger charge is -2.20. The summed E-state index contributed by atoms with van der Waals surface area (Å²) in [4.78, 5) is 0. The molecule has 24 heavy (non-hydrogen) atoms. The normalized spacial score (nSPS) is 13.9. The van der Waals surface area contributed by atoms with Crippen molar-refractivity contribution in [1.82, 2.24) is 0 Å². The molecule has 1 aliphatic heterocycles. The van der Waals surface area contributed by atoms with Gasteiger partial charge in [0, 0.05) is 21.6 Å². The molecular formula is C16H13BrClNO4S. The molecule has 0 saturated carbocycles. The molecule has 0 aliphatic carbocycles. The van der Waals surface area contributed by atoms with E-state index in [9.17, 15) is 8.42 Å². The summed E-state index contributed by atoms with van der Waals surface area (Å²) in [6.07, 6.45) is 1.49. The van der Waals surface area contributed by atoms with Crippen LogP contribution in [0.2, 0.25) is 5.02 Å². The van der Waals surface area contributed by atoms with Gasteiger partial charge in [-0.15, -0.1) is 0 Å². The number of hydrogen-bond donors (Lipinski definition) is 1. The molecule has 1 heterocycles. The second-order valence-corrected chi connectivity index (χ2v) is 7.83. The lowest BCUT2D eigenvalue weighted by atomic mass is 10.2. The minimum absolute atomic E-state index is 0.375. The Kier molecular flexibility index (Phi) is 5.03. The number of sulfonamides is 1. The fourth-order valence-electron chi connectivity index (χ4n) is 2.07. The predicted molar refractivity (Wildman–Crippen MR) is 98.2 cm³/mol. The van der Waals surface area contributed by atoms with Crippen molar-refractivity contribution >= 4 is 49.3 Å². The number of halogens is 2. The van der Waals surface area contributed by atoms with Gasteiger partial charge in [0.15, 0.2) is 11.5 Å². The van der Waals surface area contributed by atoms with Gasteiger partial charge in [-0.05, 0) is 39.7 Å². The summed E-state index contributed by atoms with van der Waals surface area (Å²) in [6, 6.07) is 10.1. The summed E-state index contributed by atoms with van der Waals surface area (Å²) in [6.45, 7) is 0.894. The highest BCUT2D eigenvalue weighted by Gasteiger charge is 2.17. The molecule has 0 aromatic heterocycles. The van der Waals surface area contributed by atoms with E-state index >= 15 is 0 Å². The quantitative estimate of drug-likeness (QED) is 0.786. The highest BCUT2D eigenvalue weighted by Crippen LogP contribution is 2.38. The summed E-state index contributed by atoms with van der Waals surface area (Å²) in [7, 11) is -3.68. The van der Waals surface area contributed by atoms with Crippen LogP contribution in [-0.4, -0.2) is 21.6 Å². The topological polar surface area (TPSA) is 64.6 Å². The summed E-state index contributed by atoms with van der Waals surface area (Å²) in [5.41, 5.74) is 1.10. The highest BCUT2D eigenvalue weighted by molar-refractivity contribution is 9.10. The first kappa shape index (κ1) is 17.1. The molecule has 8 heteroatoms. The fourth-order valence-corrected chi connectivity index (χ4v) is 3.63. The fraction of sp³-hybridized carbons (Fsp3) is 0.125. The minimum atomic E-state index is -3.68. The summed E-state index contributed by atoms with van der Waals surface area (Å²) >= 11 is 9.13. The molecule has 0 saturated heterocycles. The molecule has 1 aliphatic rings. The van der Waals surface area contributed by atoms with E-state index in [1.54, 1.807) is 36.4 Å². The first-order chi connectivity index (χ1) is 11.4. The Labute approximate surface area is 153 Å². The molecule has 0 amide bonds. The lowest BCUT2D eigenvalue weighted by Crippen LogP contribution is -2.16. The minimum Gasteiger partial charge on any atom is -0.486 e. The van der Waals surface area contributed by atoms with Gasteiger partial charge < -0.3 is 9.47 Å². The molecule has 5 nitrogen and oxygen atoms in total. The molecule has 0 unspecified atom stereocenters. The number of hydrogen-bond acceptors (Lipinski definition) is 4. The van der Waals surface area contributed by atoms with E-state index in [1.165, 1.54) is 6.08 Å². The zero-order valence-corrected chi connectivity index (χ0v) is 15.5. The number of ether oxygens (including phenoxy) is 2. The van der Waals surface area contributed by atoms with Crippen LogP contribution in [0, 0.1) is 0 Å². The van der Waals surface area contributed by atoms with Crippen LogP contribution in [0.15, 0.2) is 46.3 Å². The van der Waals surface area contributed by atoms with Crippen molar-refractivity contribution in [2.45, 2.75) is 0 Å². The molecule has 0 spiro atoms. The van der Waals surface area contributed by atoms with Gasteiger partial charge in [-0.3, -0.25) is 4.72 Å². The third-order valence-corrected chi connectivity index (χ3v) is 5.10. The first-order valence-electron chi connectivity index (χ1n) is 6.98. The van der Waals surface area contributed by atoms with Gasteiger partial charge in [-0.2, -0.15) is 0 Å². The summed E-state index contributed by atoms with van der Waals surface area (Å²) < 4.78 is 38.5.